The topological polar surface area (TPSA) is 12.5 Å². The zero-order valence-electron chi connectivity index (χ0n) is 12.5. The second-order valence-electron chi connectivity index (χ2n) is 5.98. The van der Waals surface area contributed by atoms with Crippen molar-refractivity contribution in [1.82, 2.24) is 4.90 Å². The van der Waals surface area contributed by atoms with Crippen molar-refractivity contribution in [2.45, 2.75) is 33.6 Å². The highest BCUT2D eigenvalue weighted by Crippen LogP contribution is 2.28. The summed E-state index contributed by atoms with van der Waals surface area (Å²) in [6.45, 7) is 9.35. The number of hydrogen-bond donors (Lipinski definition) is 0. The summed E-state index contributed by atoms with van der Waals surface area (Å²) < 4.78 is 4.97. The van der Waals surface area contributed by atoms with Gasteiger partial charge in [-0.1, -0.05) is 31.5 Å². The van der Waals surface area contributed by atoms with Gasteiger partial charge in [-0.05, 0) is 57.5 Å². The van der Waals surface area contributed by atoms with Crippen LogP contribution in [-0.4, -0.2) is 32.1 Å². The zero-order valence-corrected chi connectivity index (χ0v) is 12.5. The molecule has 102 valence electrons. The summed E-state index contributed by atoms with van der Waals surface area (Å²) in [5.41, 5.74) is 1.88. The first-order valence-corrected chi connectivity index (χ1v) is 6.72. The number of rotatable bonds is 1. The molecule has 1 saturated heterocycles. The Morgan fingerprint density at radius 1 is 1.06 bits per heavy atom. The van der Waals surface area contributed by atoms with E-state index >= 15 is 0 Å². The molecule has 2 nitrogen and oxygen atoms in total. The summed E-state index contributed by atoms with van der Waals surface area (Å²) >= 11 is 0. The molecule has 1 aromatic carbocycles. The second kappa shape index (κ2) is 6.79. The first kappa shape index (κ1) is 15.0. The highest BCUT2D eigenvalue weighted by atomic mass is 16.5. The fourth-order valence-corrected chi connectivity index (χ4v) is 1.90. The molecule has 1 fully saturated rings. The van der Waals surface area contributed by atoms with Crippen LogP contribution in [0.15, 0.2) is 24.3 Å². The summed E-state index contributed by atoms with van der Waals surface area (Å²) in [5, 5.41) is 0. The van der Waals surface area contributed by atoms with Crippen molar-refractivity contribution in [3.63, 3.8) is 0 Å². The Morgan fingerprint density at radius 3 is 1.94 bits per heavy atom. The lowest BCUT2D eigenvalue weighted by Crippen LogP contribution is -2.34. The second-order valence-corrected chi connectivity index (χ2v) is 5.98. The van der Waals surface area contributed by atoms with E-state index in [1.54, 1.807) is 7.11 Å². The van der Waals surface area contributed by atoms with Gasteiger partial charge < -0.3 is 9.64 Å². The highest BCUT2D eigenvalue weighted by molar-refractivity contribution is 5.25. The quantitative estimate of drug-likeness (QED) is 0.751. The van der Waals surface area contributed by atoms with E-state index in [4.69, 9.17) is 4.74 Å². The Labute approximate surface area is 112 Å². The third-order valence-corrected chi connectivity index (χ3v) is 3.60. The minimum absolute atomic E-state index is 0.618. The van der Waals surface area contributed by atoms with E-state index in [-0.39, 0.29) is 0 Å². The predicted molar refractivity (Wildman–Crippen MR) is 78.2 cm³/mol. The van der Waals surface area contributed by atoms with Gasteiger partial charge in [0.1, 0.15) is 5.75 Å². The minimum atomic E-state index is 0.618. The van der Waals surface area contributed by atoms with E-state index in [0.717, 1.165) is 5.75 Å². The molecule has 0 aromatic heterocycles. The molecule has 0 spiro atoms. The van der Waals surface area contributed by atoms with Crippen LogP contribution in [0.4, 0.5) is 0 Å². The minimum Gasteiger partial charge on any atom is -0.497 e. The molecule has 0 bridgehead atoms. The molecular formula is C16H27NO. The van der Waals surface area contributed by atoms with E-state index in [9.17, 15) is 0 Å². The van der Waals surface area contributed by atoms with Crippen LogP contribution in [0.1, 0.15) is 32.3 Å². The molecule has 2 heteroatoms. The number of piperidine rings is 1. The van der Waals surface area contributed by atoms with Crippen molar-refractivity contribution in [3.05, 3.63) is 29.8 Å². The van der Waals surface area contributed by atoms with Crippen LogP contribution in [0.25, 0.3) is 0 Å². The molecule has 0 radical (unpaired) electrons. The van der Waals surface area contributed by atoms with Gasteiger partial charge in [0, 0.05) is 0 Å². The molecule has 0 saturated carbocycles. The lowest BCUT2D eigenvalue weighted by molar-refractivity contribution is 0.157. The average molecular weight is 249 g/mol. The van der Waals surface area contributed by atoms with Gasteiger partial charge in [0.25, 0.3) is 0 Å². The Balaban J connectivity index is 0.000000180. The lowest BCUT2D eigenvalue weighted by atomic mass is 9.83. The van der Waals surface area contributed by atoms with Crippen molar-refractivity contribution >= 4 is 0 Å². The Bertz CT molecular complexity index is 333. The van der Waals surface area contributed by atoms with Gasteiger partial charge in [-0.15, -0.1) is 0 Å². The molecule has 0 aliphatic carbocycles. The molecular weight excluding hydrogens is 222 g/mol. The fraction of sp³-hybridized carbons (Fsp3) is 0.625. The van der Waals surface area contributed by atoms with Crippen LogP contribution in [0.3, 0.4) is 0 Å². The monoisotopic (exact) mass is 249 g/mol. The maximum absolute atomic E-state index is 4.97. The maximum atomic E-state index is 4.97. The molecule has 2 rings (SSSR count). The number of nitrogens with zero attached hydrogens (tertiary/aromatic N) is 1. The highest BCUT2D eigenvalue weighted by Gasteiger charge is 2.22. The van der Waals surface area contributed by atoms with Crippen LogP contribution in [0.5, 0.6) is 5.75 Å². The van der Waals surface area contributed by atoms with Gasteiger partial charge in [0.05, 0.1) is 7.11 Å². The summed E-state index contributed by atoms with van der Waals surface area (Å²) in [5.74, 6) is 0.917. The van der Waals surface area contributed by atoms with E-state index in [1.807, 2.05) is 24.3 Å². The molecule has 1 aliphatic heterocycles. The van der Waals surface area contributed by atoms with Crippen molar-refractivity contribution in [2.75, 3.05) is 27.2 Å². The summed E-state index contributed by atoms with van der Waals surface area (Å²) in [6.07, 6.45) is 2.73. The van der Waals surface area contributed by atoms with E-state index in [0.29, 0.717) is 5.41 Å². The number of methoxy groups -OCH3 is 1. The first-order valence-electron chi connectivity index (χ1n) is 6.72. The largest absolute Gasteiger partial charge is 0.497 e. The standard InChI is InChI=1S/C8H17N.C8H10O/c1-8(2)4-6-9(3)7-5-8;1-7-3-5-8(9-2)6-4-7/h4-7H2,1-3H3;3-6H,1-2H3. The predicted octanol–water partition coefficient (Wildman–Crippen LogP) is 3.74. The first-order chi connectivity index (χ1) is 8.43. The smallest absolute Gasteiger partial charge is 0.118 e. The van der Waals surface area contributed by atoms with Gasteiger partial charge >= 0.3 is 0 Å². The molecule has 18 heavy (non-hydrogen) atoms. The zero-order chi connectivity index (χ0) is 13.6. The summed E-state index contributed by atoms with van der Waals surface area (Å²) in [4.78, 5) is 2.41. The lowest BCUT2D eigenvalue weighted by Gasteiger charge is -2.34. The van der Waals surface area contributed by atoms with Crippen LogP contribution >= 0.6 is 0 Å². The number of likely N-dealkylation sites (tertiary alicyclic amines) is 1. The van der Waals surface area contributed by atoms with Crippen LogP contribution in [0, 0.1) is 12.3 Å². The Kier molecular flexibility index (Phi) is 5.67. The van der Waals surface area contributed by atoms with Crippen LogP contribution < -0.4 is 4.74 Å². The van der Waals surface area contributed by atoms with Gasteiger partial charge in [0.15, 0.2) is 0 Å². The molecule has 1 aliphatic rings. The maximum Gasteiger partial charge on any atom is 0.118 e. The van der Waals surface area contributed by atoms with Crippen molar-refractivity contribution < 1.29 is 4.74 Å². The Hall–Kier alpha value is -1.02. The van der Waals surface area contributed by atoms with Crippen molar-refractivity contribution in [3.8, 4) is 5.75 Å². The normalized spacial score (nSPS) is 18.7. The average Bonchev–Trinajstić information content (AvgIpc) is 2.35. The van der Waals surface area contributed by atoms with Gasteiger partial charge in [0.2, 0.25) is 0 Å². The van der Waals surface area contributed by atoms with Gasteiger partial charge in [-0.2, -0.15) is 0 Å². The third kappa shape index (κ3) is 5.54. The van der Waals surface area contributed by atoms with Crippen LogP contribution in [-0.2, 0) is 0 Å². The van der Waals surface area contributed by atoms with Crippen LogP contribution in [0.2, 0.25) is 0 Å². The number of aryl methyl sites for hydroxylation is 1. The SMILES string of the molecule is CN1CCC(C)(C)CC1.COc1ccc(C)cc1. The molecule has 0 unspecified atom stereocenters. The van der Waals surface area contributed by atoms with Gasteiger partial charge in [-0.25, -0.2) is 0 Å². The summed E-state index contributed by atoms with van der Waals surface area (Å²) in [7, 11) is 3.87. The molecule has 1 aromatic rings. The number of ether oxygens (including phenoxy) is 1. The van der Waals surface area contributed by atoms with E-state index < -0.39 is 0 Å². The van der Waals surface area contributed by atoms with E-state index in [2.05, 4.69) is 32.7 Å². The molecule has 0 amide bonds. The van der Waals surface area contributed by atoms with Gasteiger partial charge in [-0.3, -0.25) is 0 Å². The number of hydrogen-bond acceptors (Lipinski definition) is 2. The Morgan fingerprint density at radius 2 is 1.56 bits per heavy atom. The third-order valence-electron chi connectivity index (χ3n) is 3.60. The molecule has 0 atom stereocenters. The van der Waals surface area contributed by atoms with Crippen molar-refractivity contribution in [2.24, 2.45) is 5.41 Å². The van der Waals surface area contributed by atoms with E-state index in [1.165, 1.54) is 31.5 Å². The fourth-order valence-electron chi connectivity index (χ4n) is 1.90. The summed E-state index contributed by atoms with van der Waals surface area (Å²) in [6, 6.07) is 7.96. The van der Waals surface area contributed by atoms with Crippen molar-refractivity contribution in [1.29, 1.82) is 0 Å². The molecule has 0 N–H and O–H groups in total. The molecule has 1 heterocycles. The number of benzene rings is 1.